The third kappa shape index (κ3) is 5.18. The van der Waals surface area contributed by atoms with Crippen molar-refractivity contribution in [3.8, 4) is 0 Å². The van der Waals surface area contributed by atoms with Crippen molar-refractivity contribution in [2.75, 3.05) is 6.61 Å². The Labute approximate surface area is 167 Å². The smallest absolute Gasteiger partial charge is 0.338 e. The number of hydrogen-bond acceptors (Lipinski definition) is 7. The molecule has 1 aliphatic heterocycles. The Kier molecular flexibility index (Phi) is 6.58. The standard InChI is InChI=1S/C21H21NO7/c1-13(23)22-17-18(29-20(25)15-10-6-3-7-11-15)16(28-21(17)26)12-27-19(24)14-8-4-2-5-9-14/h2-11,16-18,21,26H,12H2,1H3,(H,22,23)/t16-,17+,18-,21-/m0/s1. The van der Waals surface area contributed by atoms with Crippen molar-refractivity contribution >= 4 is 17.8 Å². The van der Waals surface area contributed by atoms with E-state index in [0.29, 0.717) is 11.1 Å². The van der Waals surface area contributed by atoms with Crippen LogP contribution in [0.15, 0.2) is 60.7 Å². The van der Waals surface area contributed by atoms with Crippen molar-refractivity contribution in [3.05, 3.63) is 71.8 Å². The minimum Gasteiger partial charge on any atom is -0.459 e. The van der Waals surface area contributed by atoms with Crippen LogP contribution in [0.3, 0.4) is 0 Å². The predicted molar refractivity (Wildman–Crippen MR) is 101 cm³/mol. The number of carbonyl (C=O) groups is 3. The third-order valence-corrected chi connectivity index (χ3v) is 4.35. The average Bonchev–Trinajstić information content (AvgIpc) is 3.01. The summed E-state index contributed by atoms with van der Waals surface area (Å²) in [6.07, 6.45) is -3.43. The summed E-state index contributed by atoms with van der Waals surface area (Å²) in [6.45, 7) is 0.999. The third-order valence-electron chi connectivity index (χ3n) is 4.35. The number of esters is 2. The zero-order valence-electron chi connectivity index (χ0n) is 15.7. The van der Waals surface area contributed by atoms with E-state index >= 15 is 0 Å². The lowest BCUT2D eigenvalue weighted by atomic mass is 10.1. The first kappa shape index (κ1) is 20.5. The second-order valence-corrected chi connectivity index (χ2v) is 6.49. The highest BCUT2D eigenvalue weighted by atomic mass is 16.7. The molecule has 8 nitrogen and oxygen atoms in total. The average molecular weight is 399 g/mol. The van der Waals surface area contributed by atoms with Gasteiger partial charge in [-0.05, 0) is 24.3 Å². The van der Waals surface area contributed by atoms with Crippen LogP contribution in [0.1, 0.15) is 27.6 Å². The van der Waals surface area contributed by atoms with Crippen LogP contribution >= 0.6 is 0 Å². The molecule has 1 aliphatic rings. The molecule has 2 aromatic rings. The van der Waals surface area contributed by atoms with Gasteiger partial charge in [0.25, 0.3) is 0 Å². The van der Waals surface area contributed by atoms with Crippen LogP contribution in [0, 0.1) is 0 Å². The second kappa shape index (κ2) is 9.31. The van der Waals surface area contributed by atoms with Crippen molar-refractivity contribution in [1.29, 1.82) is 0 Å². The number of aliphatic hydroxyl groups excluding tert-OH is 1. The number of nitrogens with one attached hydrogen (secondary N) is 1. The molecule has 4 atom stereocenters. The van der Waals surface area contributed by atoms with E-state index in [1.807, 2.05) is 0 Å². The van der Waals surface area contributed by atoms with E-state index in [9.17, 15) is 19.5 Å². The largest absolute Gasteiger partial charge is 0.459 e. The normalized spacial score (nSPS) is 23.2. The van der Waals surface area contributed by atoms with Crippen LogP contribution in [0.2, 0.25) is 0 Å². The Balaban J connectivity index is 1.72. The van der Waals surface area contributed by atoms with Gasteiger partial charge in [-0.3, -0.25) is 4.79 Å². The molecule has 3 rings (SSSR count). The summed E-state index contributed by atoms with van der Waals surface area (Å²) in [5, 5.41) is 12.7. The first-order chi connectivity index (χ1) is 14.0. The maximum absolute atomic E-state index is 12.5. The van der Waals surface area contributed by atoms with Crippen molar-refractivity contribution in [2.24, 2.45) is 0 Å². The van der Waals surface area contributed by atoms with Crippen LogP contribution in [-0.4, -0.2) is 54.1 Å². The van der Waals surface area contributed by atoms with Gasteiger partial charge in [0.05, 0.1) is 11.1 Å². The summed E-state index contributed by atoms with van der Waals surface area (Å²) in [7, 11) is 0. The highest BCUT2D eigenvalue weighted by Gasteiger charge is 2.47. The molecule has 1 saturated heterocycles. The van der Waals surface area contributed by atoms with E-state index < -0.39 is 42.4 Å². The molecule has 8 heteroatoms. The molecule has 0 bridgehead atoms. The molecule has 2 aromatic carbocycles. The highest BCUT2D eigenvalue weighted by Crippen LogP contribution is 2.25. The molecule has 0 aliphatic carbocycles. The molecule has 152 valence electrons. The lowest BCUT2D eigenvalue weighted by Gasteiger charge is -2.23. The Morgan fingerprint density at radius 3 is 2.07 bits per heavy atom. The van der Waals surface area contributed by atoms with Gasteiger partial charge in [-0.15, -0.1) is 0 Å². The quantitative estimate of drug-likeness (QED) is 0.704. The summed E-state index contributed by atoms with van der Waals surface area (Å²) < 4.78 is 16.2. The first-order valence-corrected chi connectivity index (χ1v) is 9.04. The molecule has 2 N–H and O–H groups in total. The highest BCUT2D eigenvalue weighted by molar-refractivity contribution is 5.90. The van der Waals surface area contributed by atoms with Gasteiger partial charge >= 0.3 is 11.9 Å². The zero-order chi connectivity index (χ0) is 20.8. The Bertz CT molecular complexity index is 856. The monoisotopic (exact) mass is 399 g/mol. The SMILES string of the molecule is CC(=O)N[C@@H]1[C@@H](OC(=O)c2ccccc2)[C@H](COC(=O)c2ccccc2)O[C@@H]1O. The molecule has 0 spiro atoms. The zero-order valence-corrected chi connectivity index (χ0v) is 15.7. The molecule has 29 heavy (non-hydrogen) atoms. The number of amides is 1. The van der Waals surface area contributed by atoms with Crippen LogP contribution in [0.5, 0.6) is 0 Å². The van der Waals surface area contributed by atoms with Gasteiger partial charge in [-0.2, -0.15) is 0 Å². The molecule has 1 heterocycles. The lowest BCUT2D eigenvalue weighted by molar-refractivity contribution is -0.127. The fourth-order valence-corrected chi connectivity index (χ4v) is 2.99. The van der Waals surface area contributed by atoms with Gasteiger partial charge < -0.3 is 24.6 Å². The van der Waals surface area contributed by atoms with E-state index in [0.717, 1.165) is 0 Å². The first-order valence-electron chi connectivity index (χ1n) is 9.04. The fraction of sp³-hybridized carbons (Fsp3) is 0.286. The molecule has 1 amide bonds. The van der Waals surface area contributed by atoms with Crippen molar-refractivity contribution in [3.63, 3.8) is 0 Å². The van der Waals surface area contributed by atoms with Crippen molar-refractivity contribution < 1.29 is 33.7 Å². The van der Waals surface area contributed by atoms with Crippen molar-refractivity contribution in [2.45, 2.75) is 31.5 Å². The Hall–Kier alpha value is -3.23. The molecular formula is C21H21NO7. The number of ether oxygens (including phenoxy) is 3. The van der Waals surface area contributed by atoms with E-state index in [1.165, 1.54) is 6.92 Å². The van der Waals surface area contributed by atoms with E-state index in [-0.39, 0.29) is 6.61 Å². The van der Waals surface area contributed by atoms with Gasteiger partial charge in [0.2, 0.25) is 5.91 Å². The van der Waals surface area contributed by atoms with Gasteiger partial charge in [0.1, 0.15) is 18.8 Å². The molecule has 0 unspecified atom stereocenters. The van der Waals surface area contributed by atoms with Gasteiger partial charge in [0, 0.05) is 6.92 Å². The van der Waals surface area contributed by atoms with Crippen LogP contribution in [0.4, 0.5) is 0 Å². The summed E-state index contributed by atoms with van der Waals surface area (Å²) in [5.41, 5.74) is 0.651. The lowest BCUT2D eigenvalue weighted by Crippen LogP contribution is -2.49. The van der Waals surface area contributed by atoms with Crippen LogP contribution in [0.25, 0.3) is 0 Å². The Morgan fingerprint density at radius 1 is 0.966 bits per heavy atom. The minimum absolute atomic E-state index is 0.270. The Morgan fingerprint density at radius 2 is 1.52 bits per heavy atom. The van der Waals surface area contributed by atoms with Gasteiger partial charge in [-0.25, -0.2) is 9.59 Å². The summed E-state index contributed by atoms with van der Waals surface area (Å²) in [4.78, 5) is 36.1. The molecular weight excluding hydrogens is 378 g/mol. The number of aliphatic hydroxyl groups is 1. The van der Waals surface area contributed by atoms with Gasteiger partial charge in [0.15, 0.2) is 12.4 Å². The summed E-state index contributed by atoms with van der Waals surface area (Å²) in [5.74, 6) is -1.66. The van der Waals surface area contributed by atoms with E-state index in [2.05, 4.69) is 5.32 Å². The molecule has 0 saturated carbocycles. The minimum atomic E-state index is -1.42. The summed E-state index contributed by atoms with van der Waals surface area (Å²) >= 11 is 0. The maximum Gasteiger partial charge on any atom is 0.338 e. The van der Waals surface area contributed by atoms with Crippen LogP contribution in [-0.2, 0) is 19.0 Å². The molecule has 1 fully saturated rings. The maximum atomic E-state index is 12.5. The molecule has 0 radical (unpaired) electrons. The second-order valence-electron chi connectivity index (χ2n) is 6.49. The number of rotatable bonds is 6. The predicted octanol–water partition coefficient (Wildman–Crippen LogP) is 1.29. The number of carbonyl (C=O) groups excluding carboxylic acids is 3. The van der Waals surface area contributed by atoms with Crippen molar-refractivity contribution in [1.82, 2.24) is 5.32 Å². The number of hydrogen-bond donors (Lipinski definition) is 2. The van der Waals surface area contributed by atoms with Crippen LogP contribution < -0.4 is 5.32 Å². The molecule has 0 aromatic heterocycles. The van der Waals surface area contributed by atoms with E-state index in [1.54, 1.807) is 60.7 Å². The van der Waals surface area contributed by atoms with Gasteiger partial charge in [-0.1, -0.05) is 36.4 Å². The topological polar surface area (TPSA) is 111 Å². The summed E-state index contributed by atoms with van der Waals surface area (Å²) in [6, 6.07) is 15.6. The fourth-order valence-electron chi connectivity index (χ4n) is 2.99. The van der Waals surface area contributed by atoms with E-state index in [4.69, 9.17) is 14.2 Å². The number of benzene rings is 2.